The Morgan fingerprint density at radius 1 is 1.40 bits per heavy atom. The van der Waals surface area contributed by atoms with E-state index in [1.54, 1.807) is 14.2 Å². The van der Waals surface area contributed by atoms with E-state index in [0.717, 1.165) is 23.6 Å². The molecule has 1 atom stereocenters. The van der Waals surface area contributed by atoms with Crippen molar-refractivity contribution in [3.63, 3.8) is 0 Å². The van der Waals surface area contributed by atoms with Crippen LogP contribution in [0.2, 0.25) is 0 Å². The number of hydrogen-bond acceptors (Lipinski definition) is 5. The summed E-state index contributed by atoms with van der Waals surface area (Å²) in [6.45, 7) is 5.04. The van der Waals surface area contributed by atoms with Gasteiger partial charge in [0.05, 0.1) is 19.8 Å². The van der Waals surface area contributed by atoms with Crippen LogP contribution in [0.25, 0.3) is 0 Å². The van der Waals surface area contributed by atoms with E-state index >= 15 is 0 Å². The zero-order valence-corrected chi connectivity index (χ0v) is 10.5. The van der Waals surface area contributed by atoms with Crippen LogP contribution in [-0.2, 0) is 6.54 Å². The quantitative estimate of drug-likeness (QED) is 0.812. The highest BCUT2D eigenvalue weighted by Crippen LogP contribution is 2.32. The maximum Gasteiger partial charge on any atom is 0.233 e. The summed E-state index contributed by atoms with van der Waals surface area (Å²) in [4.78, 5) is 0. The molecule has 0 aliphatic heterocycles. The van der Waals surface area contributed by atoms with Gasteiger partial charge in [0.15, 0.2) is 0 Å². The molecule has 86 valence electrons. The van der Waals surface area contributed by atoms with E-state index in [9.17, 15) is 0 Å². The first-order valence-electron chi connectivity index (χ1n) is 5.02. The van der Waals surface area contributed by atoms with Crippen molar-refractivity contribution in [2.75, 3.05) is 14.2 Å². The van der Waals surface area contributed by atoms with Gasteiger partial charge in [-0.1, -0.05) is 6.92 Å². The molecule has 0 aromatic carbocycles. The lowest BCUT2D eigenvalue weighted by atomic mass is 10.2. The smallest absolute Gasteiger partial charge is 0.233 e. The summed E-state index contributed by atoms with van der Waals surface area (Å²) in [7, 11) is 3.28. The van der Waals surface area contributed by atoms with E-state index in [-0.39, 0.29) is 0 Å². The van der Waals surface area contributed by atoms with Gasteiger partial charge in [0.2, 0.25) is 10.9 Å². The van der Waals surface area contributed by atoms with E-state index in [1.807, 2.05) is 0 Å². The van der Waals surface area contributed by atoms with Crippen LogP contribution < -0.4 is 14.8 Å². The minimum absolute atomic E-state index is 0.485. The van der Waals surface area contributed by atoms with Crippen LogP contribution in [0, 0.1) is 0 Å². The second-order valence-corrected chi connectivity index (χ2v) is 4.09. The lowest BCUT2D eigenvalue weighted by Crippen LogP contribution is -2.24. The van der Waals surface area contributed by atoms with Crippen LogP contribution in [0.3, 0.4) is 0 Å². The maximum absolute atomic E-state index is 5.23. The fourth-order valence-corrected chi connectivity index (χ4v) is 1.86. The molecule has 1 N–H and O–H groups in total. The number of ether oxygens (including phenoxy) is 2. The van der Waals surface area contributed by atoms with Crippen molar-refractivity contribution in [2.24, 2.45) is 0 Å². The van der Waals surface area contributed by atoms with E-state index < -0.39 is 0 Å². The average Bonchev–Trinajstić information content (AvgIpc) is 2.67. The SMILES string of the molecule is CCC(C)NCc1c(OC)nsc1OC. The molecule has 0 aliphatic carbocycles. The van der Waals surface area contributed by atoms with Gasteiger partial charge in [-0.15, -0.1) is 0 Å². The molecule has 1 aromatic heterocycles. The second-order valence-electron chi connectivity index (χ2n) is 3.35. The molecule has 0 aliphatic rings. The number of nitrogens with zero attached hydrogens (tertiary/aromatic N) is 1. The lowest BCUT2D eigenvalue weighted by Gasteiger charge is -2.11. The van der Waals surface area contributed by atoms with Gasteiger partial charge >= 0.3 is 0 Å². The van der Waals surface area contributed by atoms with E-state index in [4.69, 9.17) is 9.47 Å². The van der Waals surface area contributed by atoms with Crippen molar-refractivity contribution in [3.05, 3.63) is 5.56 Å². The van der Waals surface area contributed by atoms with Gasteiger partial charge < -0.3 is 14.8 Å². The van der Waals surface area contributed by atoms with Gasteiger partial charge in [-0.3, -0.25) is 0 Å². The van der Waals surface area contributed by atoms with Gasteiger partial charge in [0, 0.05) is 24.1 Å². The number of methoxy groups -OCH3 is 2. The molecule has 0 bridgehead atoms. The Balaban J connectivity index is 2.68. The van der Waals surface area contributed by atoms with E-state index in [0.29, 0.717) is 11.9 Å². The molecule has 0 fully saturated rings. The van der Waals surface area contributed by atoms with Crippen LogP contribution in [0.5, 0.6) is 10.9 Å². The van der Waals surface area contributed by atoms with Gasteiger partial charge in [0.25, 0.3) is 0 Å². The zero-order valence-electron chi connectivity index (χ0n) is 9.66. The number of hydrogen-bond donors (Lipinski definition) is 1. The largest absolute Gasteiger partial charge is 0.486 e. The first-order chi connectivity index (χ1) is 7.22. The molecule has 0 spiro atoms. The third kappa shape index (κ3) is 3.07. The first kappa shape index (κ1) is 12.3. The fraction of sp³-hybridized carbons (Fsp3) is 0.700. The molecule has 1 heterocycles. The van der Waals surface area contributed by atoms with Gasteiger partial charge in [-0.2, -0.15) is 4.37 Å². The standard InChI is InChI=1S/C10H18N2O2S/c1-5-7(2)11-6-8-9(13-3)12-15-10(8)14-4/h7,11H,5-6H2,1-4H3. The highest BCUT2D eigenvalue weighted by Gasteiger charge is 2.15. The molecule has 1 rings (SSSR count). The van der Waals surface area contributed by atoms with Crippen molar-refractivity contribution >= 4 is 11.5 Å². The molecule has 0 radical (unpaired) electrons. The molecule has 15 heavy (non-hydrogen) atoms. The first-order valence-corrected chi connectivity index (χ1v) is 5.80. The van der Waals surface area contributed by atoms with Crippen molar-refractivity contribution in [1.29, 1.82) is 0 Å². The second kappa shape index (κ2) is 5.92. The summed E-state index contributed by atoms with van der Waals surface area (Å²) >= 11 is 1.32. The Morgan fingerprint density at radius 2 is 2.13 bits per heavy atom. The monoisotopic (exact) mass is 230 g/mol. The number of nitrogens with one attached hydrogen (secondary N) is 1. The Kier molecular flexibility index (Phi) is 4.84. The zero-order chi connectivity index (χ0) is 11.3. The van der Waals surface area contributed by atoms with E-state index in [1.165, 1.54) is 11.5 Å². The fourth-order valence-electron chi connectivity index (χ4n) is 1.17. The Hall–Kier alpha value is -0.810. The molecule has 4 nitrogen and oxygen atoms in total. The minimum atomic E-state index is 0.485. The molecule has 1 aromatic rings. The Labute approximate surface area is 94.8 Å². The van der Waals surface area contributed by atoms with Crippen LogP contribution in [-0.4, -0.2) is 24.6 Å². The van der Waals surface area contributed by atoms with E-state index in [2.05, 4.69) is 23.5 Å². The molecule has 0 saturated carbocycles. The predicted molar refractivity (Wildman–Crippen MR) is 61.8 cm³/mol. The number of aromatic nitrogens is 1. The number of rotatable bonds is 6. The third-order valence-corrected chi connectivity index (χ3v) is 3.17. The van der Waals surface area contributed by atoms with Gasteiger partial charge in [-0.05, 0) is 13.3 Å². The molecule has 0 amide bonds. The molecule has 0 saturated heterocycles. The molecular weight excluding hydrogens is 212 g/mol. The highest BCUT2D eigenvalue weighted by atomic mass is 32.1. The lowest BCUT2D eigenvalue weighted by molar-refractivity contribution is 0.382. The molecule has 1 unspecified atom stereocenters. The topological polar surface area (TPSA) is 43.4 Å². The summed E-state index contributed by atoms with van der Waals surface area (Å²) in [6.07, 6.45) is 1.10. The minimum Gasteiger partial charge on any atom is -0.486 e. The van der Waals surface area contributed by atoms with Crippen LogP contribution in [0.1, 0.15) is 25.8 Å². The Morgan fingerprint density at radius 3 is 2.67 bits per heavy atom. The maximum atomic E-state index is 5.23. The summed E-state index contributed by atoms with van der Waals surface area (Å²) in [5.74, 6) is 0.660. The Bertz CT molecular complexity index is 280. The summed E-state index contributed by atoms with van der Waals surface area (Å²) in [5.41, 5.74) is 1.00. The average molecular weight is 230 g/mol. The highest BCUT2D eigenvalue weighted by molar-refractivity contribution is 7.08. The summed E-state index contributed by atoms with van der Waals surface area (Å²) in [6, 6.07) is 0.485. The van der Waals surface area contributed by atoms with Crippen LogP contribution in [0.4, 0.5) is 0 Å². The molecular formula is C10H18N2O2S. The predicted octanol–water partition coefficient (Wildman–Crippen LogP) is 2.05. The van der Waals surface area contributed by atoms with Crippen molar-refractivity contribution in [2.45, 2.75) is 32.9 Å². The van der Waals surface area contributed by atoms with Crippen molar-refractivity contribution in [3.8, 4) is 10.9 Å². The third-order valence-electron chi connectivity index (χ3n) is 2.33. The normalized spacial score (nSPS) is 12.5. The van der Waals surface area contributed by atoms with Gasteiger partial charge in [-0.25, -0.2) is 0 Å². The van der Waals surface area contributed by atoms with Crippen molar-refractivity contribution in [1.82, 2.24) is 9.69 Å². The van der Waals surface area contributed by atoms with Crippen molar-refractivity contribution < 1.29 is 9.47 Å². The summed E-state index contributed by atoms with van der Waals surface area (Å²) < 4.78 is 14.6. The summed E-state index contributed by atoms with van der Waals surface area (Å²) in [5, 5.41) is 4.21. The van der Waals surface area contributed by atoms with Crippen LogP contribution >= 0.6 is 11.5 Å². The molecule has 5 heteroatoms. The van der Waals surface area contributed by atoms with Crippen LogP contribution in [0.15, 0.2) is 0 Å². The van der Waals surface area contributed by atoms with Gasteiger partial charge in [0.1, 0.15) is 0 Å².